The van der Waals surface area contributed by atoms with Gasteiger partial charge < -0.3 is 19.3 Å². The third kappa shape index (κ3) is 7.84. The van der Waals surface area contributed by atoms with Gasteiger partial charge >= 0.3 is 18.2 Å². The highest BCUT2D eigenvalue weighted by atomic mass is 16.6. The van der Waals surface area contributed by atoms with Crippen LogP contribution in [0.2, 0.25) is 0 Å². The zero-order valence-corrected chi connectivity index (χ0v) is 18.9. The lowest BCUT2D eigenvalue weighted by molar-refractivity contribution is -0.162. The summed E-state index contributed by atoms with van der Waals surface area (Å²) in [7, 11) is 0. The lowest BCUT2D eigenvalue weighted by Gasteiger charge is -2.39. The van der Waals surface area contributed by atoms with Gasteiger partial charge in [0.25, 0.3) is 0 Å². The molecule has 8 nitrogen and oxygen atoms in total. The van der Waals surface area contributed by atoms with Crippen LogP contribution in [0.1, 0.15) is 87.0 Å². The van der Waals surface area contributed by atoms with Crippen molar-refractivity contribution in [3.05, 3.63) is 0 Å². The highest BCUT2D eigenvalue weighted by molar-refractivity contribution is 5.96. The van der Waals surface area contributed by atoms with Gasteiger partial charge in [0.2, 0.25) is 0 Å². The standard InChI is InChI=1S/C21H37NO7/c1-19(2,3)28-17(25)22(18(26)29-20(4,5)6)21(7,13-10-14-23)16(24)27-15-11-8-9-12-15/h15,23H,8-14H2,1-7H3. The first-order chi connectivity index (χ1) is 13.2. The zero-order chi connectivity index (χ0) is 22.5. The van der Waals surface area contributed by atoms with Crippen LogP contribution in [0.25, 0.3) is 0 Å². The van der Waals surface area contributed by atoms with Crippen LogP contribution in [0.15, 0.2) is 0 Å². The van der Waals surface area contributed by atoms with Crippen LogP contribution in [0.5, 0.6) is 0 Å². The zero-order valence-electron chi connectivity index (χ0n) is 18.9. The molecule has 0 bridgehead atoms. The van der Waals surface area contributed by atoms with Gasteiger partial charge in [-0.2, -0.15) is 4.90 Å². The number of ether oxygens (including phenoxy) is 3. The predicted molar refractivity (Wildman–Crippen MR) is 107 cm³/mol. The summed E-state index contributed by atoms with van der Waals surface area (Å²) in [5.41, 5.74) is -3.44. The van der Waals surface area contributed by atoms with E-state index in [0.29, 0.717) is 4.90 Å². The monoisotopic (exact) mass is 415 g/mol. The van der Waals surface area contributed by atoms with E-state index in [1.807, 2.05) is 0 Å². The van der Waals surface area contributed by atoms with Gasteiger partial charge in [0.15, 0.2) is 5.54 Å². The van der Waals surface area contributed by atoms with E-state index < -0.39 is 34.9 Å². The minimum absolute atomic E-state index is 0.0214. The fraction of sp³-hybridized carbons (Fsp3) is 0.857. The van der Waals surface area contributed by atoms with Gasteiger partial charge in [-0.25, -0.2) is 14.4 Å². The highest BCUT2D eigenvalue weighted by Crippen LogP contribution is 2.31. The van der Waals surface area contributed by atoms with Crippen molar-refractivity contribution in [2.45, 2.75) is 110 Å². The SMILES string of the molecule is CC(C)(C)OC(=O)N(C(=O)OC(C)(C)C)C(C)(CCCO)C(=O)OC1CCCC1. The van der Waals surface area contributed by atoms with Crippen molar-refractivity contribution in [1.29, 1.82) is 0 Å². The third-order valence-electron chi connectivity index (χ3n) is 4.48. The van der Waals surface area contributed by atoms with Crippen LogP contribution >= 0.6 is 0 Å². The van der Waals surface area contributed by atoms with Crippen molar-refractivity contribution in [1.82, 2.24) is 4.90 Å². The summed E-state index contributed by atoms with van der Waals surface area (Å²) in [6.07, 6.45) is 1.43. The quantitative estimate of drug-likeness (QED) is 0.513. The van der Waals surface area contributed by atoms with Gasteiger partial charge in [-0.3, -0.25) is 0 Å². The second-order valence-electron chi connectivity index (χ2n) is 9.71. The van der Waals surface area contributed by atoms with Crippen LogP contribution in [0.3, 0.4) is 0 Å². The van der Waals surface area contributed by atoms with E-state index in [4.69, 9.17) is 14.2 Å². The fourth-order valence-corrected chi connectivity index (χ4v) is 3.11. The molecule has 1 N–H and O–H groups in total. The van der Waals surface area contributed by atoms with E-state index in [9.17, 15) is 19.5 Å². The molecule has 8 heteroatoms. The number of imide groups is 1. The first-order valence-electron chi connectivity index (χ1n) is 10.3. The molecule has 0 radical (unpaired) electrons. The lowest BCUT2D eigenvalue weighted by atomic mass is 9.94. The Kier molecular flexibility index (Phi) is 8.50. The molecule has 29 heavy (non-hydrogen) atoms. The molecule has 1 fully saturated rings. The maximum atomic E-state index is 13.1. The Bertz CT molecular complexity index is 557. The van der Waals surface area contributed by atoms with Gasteiger partial charge in [0.1, 0.15) is 17.3 Å². The molecule has 1 aliphatic rings. The van der Waals surface area contributed by atoms with Crippen molar-refractivity contribution in [2.24, 2.45) is 0 Å². The van der Waals surface area contributed by atoms with E-state index in [-0.39, 0.29) is 25.6 Å². The molecule has 0 aromatic carbocycles. The number of carbonyl (C=O) groups is 3. The van der Waals surface area contributed by atoms with Gasteiger partial charge in [0, 0.05) is 6.61 Å². The Balaban J connectivity index is 3.29. The molecule has 1 unspecified atom stereocenters. The molecule has 168 valence electrons. The number of hydrogen-bond acceptors (Lipinski definition) is 7. The maximum absolute atomic E-state index is 13.1. The average Bonchev–Trinajstić information content (AvgIpc) is 3.02. The largest absolute Gasteiger partial charge is 0.461 e. The topological polar surface area (TPSA) is 102 Å². The minimum atomic E-state index is -1.67. The van der Waals surface area contributed by atoms with Crippen LogP contribution in [-0.4, -0.2) is 57.6 Å². The summed E-state index contributed by atoms with van der Waals surface area (Å²) in [6, 6.07) is 0. The number of carbonyl (C=O) groups excluding carboxylic acids is 3. The van der Waals surface area contributed by atoms with Crippen molar-refractivity contribution in [2.75, 3.05) is 6.61 Å². The smallest absolute Gasteiger partial charge is 0.420 e. The number of nitrogens with zero attached hydrogens (tertiary/aromatic N) is 1. The van der Waals surface area contributed by atoms with Gasteiger partial charge in [0.05, 0.1) is 0 Å². The number of rotatable bonds is 6. The summed E-state index contributed by atoms with van der Waals surface area (Å²) in [4.78, 5) is 39.8. The second kappa shape index (κ2) is 9.78. The Morgan fingerprint density at radius 3 is 1.72 bits per heavy atom. The number of aliphatic hydroxyl groups excluding tert-OH is 1. The van der Waals surface area contributed by atoms with E-state index in [2.05, 4.69) is 0 Å². The molecule has 0 aliphatic heterocycles. The summed E-state index contributed by atoms with van der Waals surface area (Å²) in [5, 5.41) is 9.32. The van der Waals surface area contributed by atoms with Crippen molar-refractivity contribution in [3.63, 3.8) is 0 Å². The maximum Gasteiger partial charge on any atom is 0.420 e. The van der Waals surface area contributed by atoms with Crippen LogP contribution in [0, 0.1) is 0 Å². The van der Waals surface area contributed by atoms with Crippen molar-refractivity contribution in [3.8, 4) is 0 Å². The molecule has 2 amide bonds. The molecule has 0 aromatic heterocycles. The van der Waals surface area contributed by atoms with Gasteiger partial charge in [-0.1, -0.05) is 0 Å². The average molecular weight is 416 g/mol. The first-order valence-corrected chi connectivity index (χ1v) is 10.3. The van der Waals surface area contributed by atoms with E-state index in [1.54, 1.807) is 41.5 Å². The normalized spacial score (nSPS) is 17.4. The summed E-state index contributed by atoms with van der Waals surface area (Å²) in [5.74, 6) is -0.699. The molecular formula is C21H37NO7. The molecule has 0 heterocycles. The van der Waals surface area contributed by atoms with E-state index in [1.165, 1.54) is 6.92 Å². The van der Waals surface area contributed by atoms with Crippen molar-refractivity contribution < 1.29 is 33.7 Å². The van der Waals surface area contributed by atoms with Crippen molar-refractivity contribution >= 4 is 18.2 Å². The summed E-state index contributed by atoms with van der Waals surface area (Å²) >= 11 is 0. The molecule has 1 aliphatic carbocycles. The second-order valence-corrected chi connectivity index (χ2v) is 9.71. The number of aliphatic hydroxyl groups is 1. The number of amides is 2. The van der Waals surface area contributed by atoms with Crippen LogP contribution in [0.4, 0.5) is 9.59 Å². The number of hydrogen-bond donors (Lipinski definition) is 1. The Hall–Kier alpha value is -1.83. The Labute approximate surface area is 173 Å². The molecule has 1 rings (SSSR count). The van der Waals surface area contributed by atoms with E-state index >= 15 is 0 Å². The molecule has 0 spiro atoms. The van der Waals surface area contributed by atoms with Gasteiger partial charge in [-0.15, -0.1) is 0 Å². The Morgan fingerprint density at radius 1 is 0.897 bits per heavy atom. The Morgan fingerprint density at radius 2 is 1.34 bits per heavy atom. The highest BCUT2D eigenvalue weighted by Gasteiger charge is 2.50. The molecule has 0 saturated heterocycles. The van der Waals surface area contributed by atoms with E-state index in [0.717, 1.165) is 25.7 Å². The molecule has 1 atom stereocenters. The summed E-state index contributed by atoms with van der Waals surface area (Å²) < 4.78 is 16.4. The first kappa shape index (κ1) is 25.2. The third-order valence-corrected chi connectivity index (χ3v) is 4.48. The lowest BCUT2D eigenvalue weighted by Crippen LogP contribution is -2.60. The predicted octanol–water partition coefficient (Wildman–Crippen LogP) is 4.18. The molecule has 0 aromatic rings. The van der Waals surface area contributed by atoms with Crippen LogP contribution < -0.4 is 0 Å². The summed E-state index contributed by atoms with van der Waals surface area (Å²) in [6.45, 7) is 11.2. The number of esters is 1. The molecule has 1 saturated carbocycles. The molecular weight excluding hydrogens is 378 g/mol. The van der Waals surface area contributed by atoms with Crippen LogP contribution in [-0.2, 0) is 19.0 Å². The fourth-order valence-electron chi connectivity index (χ4n) is 3.11. The van der Waals surface area contributed by atoms with Gasteiger partial charge in [-0.05, 0) is 87.0 Å². The minimum Gasteiger partial charge on any atom is -0.461 e.